The van der Waals surface area contributed by atoms with Crippen LogP contribution in [0.2, 0.25) is 5.02 Å². The third-order valence-electron chi connectivity index (χ3n) is 5.23. The zero-order chi connectivity index (χ0) is 22.9. The molecule has 0 fully saturated rings. The molecular formula is C25H14ClF2N5. The van der Waals surface area contributed by atoms with Gasteiger partial charge in [-0.3, -0.25) is 4.99 Å². The minimum atomic E-state index is -0.708. The summed E-state index contributed by atoms with van der Waals surface area (Å²) in [4.78, 5) is 13.5. The molecule has 1 N–H and O–H groups in total. The van der Waals surface area contributed by atoms with Crippen LogP contribution in [0, 0.1) is 23.0 Å². The number of aromatic nitrogens is 2. The molecule has 1 aliphatic heterocycles. The van der Waals surface area contributed by atoms with Crippen LogP contribution in [0.1, 0.15) is 22.3 Å². The van der Waals surface area contributed by atoms with E-state index in [0.29, 0.717) is 44.6 Å². The van der Waals surface area contributed by atoms with Gasteiger partial charge in [-0.25, -0.2) is 18.7 Å². The van der Waals surface area contributed by atoms with E-state index in [-0.39, 0.29) is 17.8 Å². The third-order valence-corrected chi connectivity index (χ3v) is 5.47. The van der Waals surface area contributed by atoms with Gasteiger partial charge in [0.2, 0.25) is 5.95 Å². The lowest BCUT2D eigenvalue weighted by Crippen LogP contribution is -2.10. The first-order valence-electron chi connectivity index (χ1n) is 9.96. The maximum Gasteiger partial charge on any atom is 0.227 e. The van der Waals surface area contributed by atoms with Crippen molar-refractivity contribution >= 4 is 28.9 Å². The van der Waals surface area contributed by atoms with E-state index in [9.17, 15) is 8.78 Å². The molecule has 0 amide bonds. The number of aliphatic imine (C=N–C) groups is 1. The van der Waals surface area contributed by atoms with Gasteiger partial charge in [-0.15, -0.1) is 0 Å². The molecule has 3 aromatic carbocycles. The number of fused-ring (bicyclic) bond motifs is 3. The predicted molar refractivity (Wildman–Crippen MR) is 123 cm³/mol. The predicted octanol–water partition coefficient (Wildman–Crippen LogP) is 6.04. The Balaban J connectivity index is 1.62. The number of hydrogen-bond acceptors (Lipinski definition) is 5. The zero-order valence-electron chi connectivity index (χ0n) is 17.0. The molecule has 8 heteroatoms. The van der Waals surface area contributed by atoms with E-state index in [4.69, 9.17) is 16.9 Å². The topological polar surface area (TPSA) is 74.0 Å². The van der Waals surface area contributed by atoms with Crippen LogP contribution in [0.3, 0.4) is 0 Å². The maximum atomic E-state index is 14.6. The molecule has 5 rings (SSSR count). The Morgan fingerprint density at radius 1 is 0.970 bits per heavy atom. The highest BCUT2D eigenvalue weighted by Crippen LogP contribution is 2.34. The number of anilines is 2. The SMILES string of the molecule is N#Cc1ccc(Nc2ncc3c(n2)-c2ccc(Cl)cc2C(c2c(F)cccc2F)=NC3)cc1. The summed E-state index contributed by atoms with van der Waals surface area (Å²) >= 11 is 6.24. The fraction of sp³-hybridized carbons (Fsp3) is 0.0400. The van der Waals surface area contributed by atoms with Gasteiger partial charge in [-0.05, 0) is 48.5 Å². The van der Waals surface area contributed by atoms with Crippen LogP contribution in [0.4, 0.5) is 20.4 Å². The number of nitrogens with zero attached hydrogens (tertiary/aromatic N) is 4. The van der Waals surface area contributed by atoms with Crippen LogP contribution in [-0.4, -0.2) is 15.7 Å². The molecule has 4 aromatic rings. The van der Waals surface area contributed by atoms with Crippen molar-refractivity contribution in [2.45, 2.75) is 6.54 Å². The minimum Gasteiger partial charge on any atom is -0.324 e. The fourth-order valence-corrected chi connectivity index (χ4v) is 3.85. The van der Waals surface area contributed by atoms with Crippen LogP contribution in [0.5, 0.6) is 0 Å². The average Bonchev–Trinajstić information content (AvgIpc) is 2.96. The number of nitrogens with one attached hydrogen (secondary N) is 1. The number of hydrogen-bond donors (Lipinski definition) is 1. The summed E-state index contributed by atoms with van der Waals surface area (Å²) in [6, 6.07) is 17.7. The van der Waals surface area contributed by atoms with Gasteiger partial charge in [-0.2, -0.15) is 5.26 Å². The van der Waals surface area contributed by atoms with Crippen molar-refractivity contribution in [3.05, 3.63) is 106 Å². The molecule has 1 aromatic heterocycles. The number of nitriles is 1. The van der Waals surface area contributed by atoms with E-state index in [1.54, 1.807) is 48.7 Å². The summed E-state index contributed by atoms with van der Waals surface area (Å²) in [5.41, 5.74) is 3.62. The van der Waals surface area contributed by atoms with Crippen LogP contribution in [0.15, 0.2) is 71.9 Å². The molecule has 0 radical (unpaired) electrons. The van der Waals surface area contributed by atoms with Crippen LogP contribution < -0.4 is 5.32 Å². The Kier molecular flexibility index (Phi) is 5.29. The van der Waals surface area contributed by atoms with Crippen LogP contribution in [-0.2, 0) is 6.54 Å². The summed E-state index contributed by atoms with van der Waals surface area (Å²) in [5.74, 6) is -1.08. The van der Waals surface area contributed by atoms with Gasteiger partial charge in [0, 0.05) is 33.6 Å². The first-order chi connectivity index (χ1) is 16.0. The molecule has 0 saturated heterocycles. The molecule has 0 bridgehead atoms. The average molecular weight is 458 g/mol. The molecular weight excluding hydrogens is 444 g/mol. The Morgan fingerprint density at radius 3 is 2.45 bits per heavy atom. The summed E-state index contributed by atoms with van der Waals surface area (Å²) in [6.07, 6.45) is 1.64. The highest BCUT2D eigenvalue weighted by Gasteiger charge is 2.25. The minimum absolute atomic E-state index is 0.141. The Hall–Kier alpha value is -4.15. The van der Waals surface area contributed by atoms with E-state index in [0.717, 1.165) is 0 Å². The number of halogens is 3. The van der Waals surface area contributed by atoms with Gasteiger partial charge >= 0.3 is 0 Å². The summed E-state index contributed by atoms with van der Waals surface area (Å²) in [6.45, 7) is 0.141. The van der Waals surface area contributed by atoms with Gasteiger partial charge < -0.3 is 5.32 Å². The van der Waals surface area contributed by atoms with E-state index < -0.39 is 11.6 Å². The molecule has 0 unspecified atom stereocenters. The highest BCUT2D eigenvalue weighted by atomic mass is 35.5. The second-order valence-electron chi connectivity index (χ2n) is 7.33. The van der Waals surface area contributed by atoms with Gasteiger partial charge in [-0.1, -0.05) is 23.7 Å². The number of rotatable bonds is 3. The Labute approximate surface area is 193 Å². The lowest BCUT2D eigenvalue weighted by Gasteiger charge is -2.13. The quantitative estimate of drug-likeness (QED) is 0.407. The molecule has 0 saturated carbocycles. The first-order valence-corrected chi connectivity index (χ1v) is 10.3. The van der Waals surface area contributed by atoms with Crippen molar-refractivity contribution in [3.63, 3.8) is 0 Å². The van der Waals surface area contributed by atoms with Gasteiger partial charge in [0.05, 0.1) is 35.1 Å². The lowest BCUT2D eigenvalue weighted by atomic mass is 9.95. The van der Waals surface area contributed by atoms with Crippen molar-refractivity contribution in [1.29, 1.82) is 5.26 Å². The van der Waals surface area contributed by atoms with E-state index in [1.165, 1.54) is 18.2 Å². The van der Waals surface area contributed by atoms with Crippen LogP contribution in [0.25, 0.3) is 11.3 Å². The van der Waals surface area contributed by atoms with E-state index >= 15 is 0 Å². The molecule has 160 valence electrons. The molecule has 33 heavy (non-hydrogen) atoms. The highest BCUT2D eigenvalue weighted by molar-refractivity contribution is 6.31. The summed E-state index contributed by atoms with van der Waals surface area (Å²) < 4.78 is 29.3. The smallest absolute Gasteiger partial charge is 0.227 e. The fourth-order valence-electron chi connectivity index (χ4n) is 3.68. The molecule has 1 aliphatic rings. The molecule has 0 atom stereocenters. The van der Waals surface area contributed by atoms with Gasteiger partial charge in [0.25, 0.3) is 0 Å². The van der Waals surface area contributed by atoms with Crippen molar-refractivity contribution < 1.29 is 8.78 Å². The summed E-state index contributed by atoms with van der Waals surface area (Å²) in [5, 5.41) is 12.5. The second-order valence-corrected chi connectivity index (χ2v) is 7.77. The molecule has 5 nitrogen and oxygen atoms in total. The van der Waals surface area contributed by atoms with Crippen molar-refractivity contribution in [3.8, 4) is 17.3 Å². The summed E-state index contributed by atoms with van der Waals surface area (Å²) in [7, 11) is 0. The monoisotopic (exact) mass is 457 g/mol. The second kappa shape index (κ2) is 8.41. The van der Waals surface area contributed by atoms with Crippen molar-refractivity contribution in [2.75, 3.05) is 5.32 Å². The van der Waals surface area contributed by atoms with Gasteiger partial charge in [0.1, 0.15) is 11.6 Å². The van der Waals surface area contributed by atoms with Gasteiger partial charge in [0.15, 0.2) is 0 Å². The largest absolute Gasteiger partial charge is 0.324 e. The lowest BCUT2D eigenvalue weighted by molar-refractivity contribution is 0.579. The number of benzene rings is 3. The Bertz CT molecular complexity index is 1440. The molecule has 0 spiro atoms. The Morgan fingerprint density at radius 2 is 1.73 bits per heavy atom. The maximum absolute atomic E-state index is 14.6. The van der Waals surface area contributed by atoms with E-state index in [2.05, 4.69) is 26.3 Å². The first kappa shape index (κ1) is 20.7. The van der Waals surface area contributed by atoms with Crippen molar-refractivity contribution in [2.24, 2.45) is 4.99 Å². The van der Waals surface area contributed by atoms with Crippen molar-refractivity contribution in [1.82, 2.24) is 9.97 Å². The third kappa shape index (κ3) is 3.93. The standard InChI is InChI=1S/C25H14ClF2N5/c26-16-6-9-18-19(10-16)24(22-20(27)2-1-3-21(22)28)30-12-15-13-31-25(33-23(15)18)32-17-7-4-14(11-29)5-8-17/h1-10,13H,12H2,(H,31,32,33). The molecule has 2 heterocycles. The zero-order valence-corrected chi connectivity index (χ0v) is 17.7. The van der Waals surface area contributed by atoms with E-state index in [1.807, 2.05) is 0 Å². The molecule has 0 aliphatic carbocycles. The van der Waals surface area contributed by atoms with Crippen LogP contribution >= 0.6 is 11.6 Å². The normalized spacial score (nSPS) is 12.1.